The van der Waals surface area contributed by atoms with E-state index in [0.29, 0.717) is 17.8 Å². The van der Waals surface area contributed by atoms with Crippen molar-refractivity contribution in [1.82, 2.24) is 19.9 Å². The molecule has 2 aromatic rings. The number of likely N-dealkylation sites (tertiary alicyclic amines) is 1. The molecule has 2 fully saturated rings. The molecule has 6 heteroatoms. The van der Waals surface area contributed by atoms with Crippen LogP contribution in [0.2, 0.25) is 0 Å². The van der Waals surface area contributed by atoms with E-state index in [0.717, 1.165) is 55.9 Å². The van der Waals surface area contributed by atoms with Crippen molar-refractivity contribution in [3.05, 3.63) is 35.9 Å². The lowest BCUT2D eigenvalue weighted by Crippen LogP contribution is -2.29. The quantitative estimate of drug-likeness (QED) is 0.823. The van der Waals surface area contributed by atoms with Gasteiger partial charge in [0.2, 0.25) is 5.89 Å². The van der Waals surface area contributed by atoms with Crippen LogP contribution in [0.15, 0.2) is 23.0 Å². The maximum absolute atomic E-state index is 5.88. The van der Waals surface area contributed by atoms with E-state index in [-0.39, 0.29) is 5.41 Å². The van der Waals surface area contributed by atoms with Crippen molar-refractivity contribution < 1.29 is 4.42 Å². The smallest absolute Gasteiger partial charge is 0.208 e. The molecule has 0 radical (unpaired) electrons. The highest BCUT2D eigenvalue weighted by molar-refractivity contribution is 5.42. The standard InChI is InChI=1S/C21H31N5O/c1-14(2)17-7-22-20(27-17)12-25-8-15-10-26(11-16(15)9-25)19-6-18(21(3,4)5)23-13-24-19/h6-7,13-16H,8-12H2,1-5H3. The van der Waals surface area contributed by atoms with Gasteiger partial charge in [0.25, 0.3) is 0 Å². The molecule has 0 aliphatic carbocycles. The lowest BCUT2D eigenvalue weighted by Gasteiger charge is -2.23. The number of aromatic nitrogens is 3. The summed E-state index contributed by atoms with van der Waals surface area (Å²) in [7, 11) is 0. The molecule has 27 heavy (non-hydrogen) atoms. The van der Waals surface area contributed by atoms with Gasteiger partial charge in [-0.15, -0.1) is 0 Å². The first-order valence-electron chi connectivity index (χ1n) is 10.0. The normalized spacial score (nSPS) is 23.4. The average Bonchev–Trinajstić information content (AvgIpc) is 3.29. The molecule has 2 saturated heterocycles. The number of oxazole rings is 1. The highest BCUT2D eigenvalue weighted by Gasteiger charge is 2.40. The van der Waals surface area contributed by atoms with E-state index in [1.54, 1.807) is 6.33 Å². The van der Waals surface area contributed by atoms with Crippen LogP contribution in [0.3, 0.4) is 0 Å². The molecule has 0 bridgehead atoms. The number of hydrogen-bond acceptors (Lipinski definition) is 6. The van der Waals surface area contributed by atoms with Gasteiger partial charge in [-0.3, -0.25) is 4.90 Å². The first kappa shape index (κ1) is 18.4. The van der Waals surface area contributed by atoms with Crippen molar-refractivity contribution in [3.8, 4) is 0 Å². The van der Waals surface area contributed by atoms with Gasteiger partial charge in [-0.25, -0.2) is 15.0 Å². The third-order valence-corrected chi connectivity index (χ3v) is 5.81. The summed E-state index contributed by atoms with van der Waals surface area (Å²) in [6.45, 7) is 16.1. The zero-order valence-corrected chi connectivity index (χ0v) is 17.1. The van der Waals surface area contributed by atoms with E-state index in [2.05, 4.69) is 65.4 Å². The van der Waals surface area contributed by atoms with Crippen LogP contribution in [0.1, 0.15) is 57.9 Å². The molecule has 0 amide bonds. The highest BCUT2D eigenvalue weighted by Crippen LogP contribution is 2.34. The maximum Gasteiger partial charge on any atom is 0.208 e. The van der Waals surface area contributed by atoms with Gasteiger partial charge < -0.3 is 9.32 Å². The summed E-state index contributed by atoms with van der Waals surface area (Å²) in [6.07, 6.45) is 3.59. The van der Waals surface area contributed by atoms with E-state index < -0.39 is 0 Å². The van der Waals surface area contributed by atoms with E-state index in [1.165, 1.54) is 0 Å². The fraction of sp³-hybridized carbons (Fsp3) is 0.667. The zero-order valence-electron chi connectivity index (χ0n) is 17.1. The van der Waals surface area contributed by atoms with Crippen molar-refractivity contribution in [2.24, 2.45) is 11.8 Å². The summed E-state index contributed by atoms with van der Waals surface area (Å²) in [4.78, 5) is 18.4. The van der Waals surface area contributed by atoms with Crippen LogP contribution >= 0.6 is 0 Å². The topological polar surface area (TPSA) is 58.3 Å². The molecule has 2 aliphatic rings. The minimum atomic E-state index is 0.0506. The Bertz CT molecular complexity index is 780. The van der Waals surface area contributed by atoms with Crippen LogP contribution < -0.4 is 4.90 Å². The zero-order chi connectivity index (χ0) is 19.2. The minimum Gasteiger partial charge on any atom is -0.444 e. The van der Waals surface area contributed by atoms with E-state index in [9.17, 15) is 0 Å². The largest absolute Gasteiger partial charge is 0.444 e. The minimum absolute atomic E-state index is 0.0506. The number of hydrogen-bond donors (Lipinski definition) is 0. The molecule has 0 spiro atoms. The molecule has 4 rings (SSSR count). The van der Waals surface area contributed by atoms with Crippen LogP contribution in [-0.4, -0.2) is 46.0 Å². The summed E-state index contributed by atoms with van der Waals surface area (Å²) in [5, 5.41) is 0. The first-order chi connectivity index (χ1) is 12.8. The fourth-order valence-electron chi connectivity index (χ4n) is 4.19. The van der Waals surface area contributed by atoms with Crippen molar-refractivity contribution in [2.45, 2.75) is 52.5 Å². The third-order valence-electron chi connectivity index (χ3n) is 5.81. The lowest BCUT2D eigenvalue weighted by atomic mass is 9.92. The van der Waals surface area contributed by atoms with Gasteiger partial charge in [0.15, 0.2) is 0 Å². The van der Waals surface area contributed by atoms with Gasteiger partial charge >= 0.3 is 0 Å². The second-order valence-corrected chi connectivity index (χ2v) is 9.44. The van der Waals surface area contributed by atoms with Crippen molar-refractivity contribution in [1.29, 1.82) is 0 Å². The Hall–Kier alpha value is -1.95. The van der Waals surface area contributed by atoms with Crippen LogP contribution in [0.4, 0.5) is 5.82 Å². The van der Waals surface area contributed by atoms with Crippen molar-refractivity contribution in [2.75, 3.05) is 31.1 Å². The highest BCUT2D eigenvalue weighted by atomic mass is 16.4. The molecule has 2 unspecified atom stereocenters. The summed E-state index contributed by atoms with van der Waals surface area (Å²) in [6, 6.07) is 2.17. The Kier molecular flexibility index (Phi) is 4.70. The summed E-state index contributed by atoms with van der Waals surface area (Å²) < 4.78 is 5.88. The molecule has 0 N–H and O–H groups in total. The number of fused-ring (bicyclic) bond motifs is 1. The summed E-state index contributed by atoms with van der Waals surface area (Å²) in [5.74, 6) is 4.68. The van der Waals surface area contributed by atoms with Crippen LogP contribution in [0, 0.1) is 11.8 Å². The predicted molar refractivity (Wildman–Crippen MR) is 106 cm³/mol. The third kappa shape index (κ3) is 3.86. The van der Waals surface area contributed by atoms with Crippen LogP contribution in [0.5, 0.6) is 0 Å². The molecule has 146 valence electrons. The summed E-state index contributed by atoms with van der Waals surface area (Å²) in [5.41, 5.74) is 1.16. The number of rotatable bonds is 4. The van der Waals surface area contributed by atoms with Crippen LogP contribution in [0.25, 0.3) is 0 Å². The second kappa shape index (κ2) is 6.89. The molecule has 6 nitrogen and oxygen atoms in total. The predicted octanol–water partition coefficient (Wildman–Crippen LogP) is 3.45. The molecule has 2 aliphatic heterocycles. The van der Waals surface area contributed by atoms with E-state index >= 15 is 0 Å². The lowest BCUT2D eigenvalue weighted by molar-refractivity contribution is 0.269. The van der Waals surface area contributed by atoms with Gasteiger partial charge in [0.05, 0.1) is 18.4 Å². The number of anilines is 1. The van der Waals surface area contributed by atoms with E-state index in [4.69, 9.17) is 4.42 Å². The molecule has 2 atom stereocenters. The van der Waals surface area contributed by atoms with Gasteiger partial charge in [-0.2, -0.15) is 0 Å². The van der Waals surface area contributed by atoms with Gasteiger partial charge in [-0.1, -0.05) is 34.6 Å². The number of nitrogens with zero attached hydrogens (tertiary/aromatic N) is 5. The second-order valence-electron chi connectivity index (χ2n) is 9.44. The SMILES string of the molecule is CC(C)c1cnc(CN2CC3CN(c4cc(C(C)(C)C)ncn4)CC3C2)o1. The fourth-order valence-corrected chi connectivity index (χ4v) is 4.19. The summed E-state index contributed by atoms with van der Waals surface area (Å²) >= 11 is 0. The molecular formula is C21H31N5O. The molecule has 4 heterocycles. The average molecular weight is 370 g/mol. The van der Waals surface area contributed by atoms with Gasteiger partial charge in [-0.05, 0) is 11.8 Å². The molecule has 2 aromatic heterocycles. The van der Waals surface area contributed by atoms with E-state index in [1.807, 2.05) is 6.20 Å². The Morgan fingerprint density at radius 2 is 1.78 bits per heavy atom. The first-order valence-corrected chi connectivity index (χ1v) is 10.0. The maximum atomic E-state index is 5.88. The van der Waals surface area contributed by atoms with Crippen molar-refractivity contribution in [3.63, 3.8) is 0 Å². The molecule has 0 saturated carbocycles. The Labute approximate surface area is 162 Å². The Morgan fingerprint density at radius 1 is 1.07 bits per heavy atom. The van der Waals surface area contributed by atoms with Crippen LogP contribution in [-0.2, 0) is 12.0 Å². The molecular weight excluding hydrogens is 338 g/mol. The molecule has 0 aromatic carbocycles. The monoisotopic (exact) mass is 369 g/mol. The Morgan fingerprint density at radius 3 is 2.37 bits per heavy atom. The Balaban J connectivity index is 1.37. The van der Waals surface area contributed by atoms with Gasteiger partial charge in [0.1, 0.15) is 17.9 Å². The van der Waals surface area contributed by atoms with Crippen molar-refractivity contribution >= 4 is 5.82 Å². The van der Waals surface area contributed by atoms with Gasteiger partial charge in [0, 0.05) is 43.6 Å².